The van der Waals surface area contributed by atoms with Gasteiger partial charge in [-0.2, -0.15) is 0 Å². The van der Waals surface area contributed by atoms with Gasteiger partial charge in [-0.3, -0.25) is 14.4 Å². The Morgan fingerprint density at radius 3 is 2.20 bits per heavy atom. The summed E-state index contributed by atoms with van der Waals surface area (Å²) in [7, 11) is 1.56. The predicted octanol–water partition coefficient (Wildman–Crippen LogP) is 6.80. The van der Waals surface area contributed by atoms with Crippen LogP contribution in [0.3, 0.4) is 0 Å². The molecule has 3 aliphatic rings. The SMILES string of the molecule is COc1ccc([C@H]2[C@H](C(=O)c3ccc(F)cc3)N3c4ccc(Cl)cc4C=CC3C23C(=O)c2ccccc2C3=O)cc1. The standard InChI is InChI=1S/C34H23ClFNO4/c1-41-24-14-8-19(9-15-24)29-30(31(38)20-6-12-23(36)13-7-20)37-27-16-11-22(35)18-21(27)10-17-28(37)34(29)32(39)25-4-2-3-5-26(25)33(34)40/h2-18,28-30H,1H3/t28?,29-,30+/m0/s1. The molecule has 0 aromatic heterocycles. The first-order valence-electron chi connectivity index (χ1n) is 13.2. The van der Waals surface area contributed by atoms with Gasteiger partial charge in [0, 0.05) is 33.3 Å². The van der Waals surface area contributed by atoms with Gasteiger partial charge in [0.25, 0.3) is 0 Å². The third kappa shape index (κ3) is 3.50. The van der Waals surface area contributed by atoms with Gasteiger partial charge in [0.05, 0.1) is 13.2 Å². The Morgan fingerprint density at radius 1 is 0.902 bits per heavy atom. The molecule has 4 aromatic rings. The molecule has 1 saturated heterocycles. The number of ether oxygens (including phenoxy) is 1. The molecule has 202 valence electrons. The molecule has 3 atom stereocenters. The molecular weight excluding hydrogens is 541 g/mol. The van der Waals surface area contributed by atoms with E-state index in [1.54, 1.807) is 55.6 Å². The molecule has 0 amide bonds. The molecule has 1 spiro atoms. The Balaban J connectivity index is 1.54. The number of hydrogen-bond acceptors (Lipinski definition) is 5. The summed E-state index contributed by atoms with van der Waals surface area (Å²) in [6.07, 6.45) is 3.71. The Bertz CT molecular complexity index is 1740. The number of carbonyl (C=O) groups excluding carboxylic acids is 3. The van der Waals surface area contributed by atoms with E-state index in [1.807, 2.05) is 35.3 Å². The van der Waals surface area contributed by atoms with Gasteiger partial charge in [-0.15, -0.1) is 0 Å². The van der Waals surface area contributed by atoms with Crippen molar-refractivity contribution in [1.29, 1.82) is 0 Å². The van der Waals surface area contributed by atoms with Gasteiger partial charge in [-0.25, -0.2) is 4.39 Å². The van der Waals surface area contributed by atoms with E-state index in [-0.39, 0.29) is 22.9 Å². The molecule has 7 rings (SSSR count). The molecule has 7 heteroatoms. The fraction of sp³-hybridized carbons (Fsp3) is 0.147. The topological polar surface area (TPSA) is 63.7 Å². The number of methoxy groups -OCH3 is 1. The van der Waals surface area contributed by atoms with Crippen molar-refractivity contribution in [3.05, 3.63) is 136 Å². The molecule has 2 heterocycles. The van der Waals surface area contributed by atoms with E-state index in [0.29, 0.717) is 33.1 Å². The molecule has 0 radical (unpaired) electrons. The zero-order valence-electron chi connectivity index (χ0n) is 21.9. The van der Waals surface area contributed by atoms with Crippen molar-refractivity contribution in [3.8, 4) is 5.75 Å². The zero-order chi connectivity index (χ0) is 28.5. The number of Topliss-reactive ketones (excluding diaryl/α,β-unsaturated/α-hetero) is 3. The van der Waals surface area contributed by atoms with Crippen LogP contribution in [0.25, 0.3) is 6.08 Å². The van der Waals surface area contributed by atoms with E-state index in [2.05, 4.69) is 0 Å². The zero-order valence-corrected chi connectivity index (χ0v) is 22.6. The molecule has 1 fully saturated rings. The van der Waals surface area contributed by atoms with Crippen LogP contribution in [0.15, 0.2) is 97.1 Å². The highest BCUT2D eigenvalue weighted by Crippen LogP contribution is 2.61. The predicted molar refractivity (Wildman–Crippen MR) is 155 cm³/mol. The Kier molecular flexibility index (Phi) is 5.73. The van der Waals surface area contributed by atoms with Crippen LogP contribution in [0.2, 0.25) is 5.02 Å². The lowest BCUT2D eigenvalue weighted by Crippen LogP contribution is -2.48. The highest BCUT2D eigenvalue weighted by atomic mass is 35.5. The first kappa shape index (κ1) is 25.4. The fourth-order valence-electron chi connectivity index (χ4n) is 6.92. The third-order valence-corrected chi connectivity index (χ3v) is 8.87. The molecule has 5 nitrogen and oxygen atoms in total. The number of anilines is 1. The van der Waals surface area contributed by atoms with Gasteiger partial charge >= 0.3 is 0 Å². The van der Waals surface area contributed by atoms with Crippen molar-refractivity contribution >= 4 is 40.7 Å². The number of benzene rings is 4. The minimum Gasteiger partial charge on any atom is -0.497 e. The molecule has 0 N–H and O–H groups in total. The molecule has 0 bridgehead atoms. The fourth-order valence-corrected chi connectivity index (χ4v) is 7.10. The van der Waals surface area contributed by atoms with E-state index in [4.69, 9.17) is 16.3 Å². The van der Waals surface area contributed by atoms with Crippen LogP contribution < -0.4 is 9.64 Å². The smallest absolute Gasteiger partial charge is 0.185 e. The third-order valence-electron chi connectivity index (χ3n) is 8.64. The first-order chi connectivity index (χ1) is 19.9. The largest absolute Gasteiger partial charge is 0.497 e. The minimum absolute atomic E-state index is 0.284. The average Bonchev–Trinajstić information content (AvgIpc) is 3.43. The van der Waals surface area contributed by atoms with Crippen molar-refractivity contribution in [2.75, 3.05) is 12.0 Å². The van der Waals surface area contributed by atoms with Gasteiger partial charge in [0.2, 0.25) is 0 Å². The van der Waals surface area contributed by atoms with E-state index >= 15 is 0 Å². The van der Waals surface area contributed by atoms with Crippen LogP contribution >= 0.6 is 11.6 Å². The minimum atomic E-state index is -1.62. The summed E-state index contributed by atoms with van der Waals surface area (Å²) >= 11 is 6.34. The van der Waals surface area contributed by atoms with Crippen molar-refractivity contribution in [2.24, 2.45) is 5.41 Å². The molecule has 2 aliphatic heterocycles. The molecule has 0 saturated carbocycles. The molecule has 4 aromatic carbocycles. The summed E-state index contributed by atoms with van der Waals surface area (Å²) in [5, 5.41) is 0.523. The van der Waals surface area contributed by atoms with E-state index in [1.165, 1.54) is 24.3 Å². The van der Waals surface area contributed by atoms with Crippen LogP contribution in [-0.4, -0.2) is 36.5 Å². The summed E-state index contributed by atoms with van der Waals surface area (Å²) in [4.78, 5) is 45.7. The van der Waals surface area contributed by atoms with Gasteiger partial charge in [-0.1, -0.05) is 60.2 Å². The second kappa shape index (κ2) is 9.25. The normalized spacial score (nSPS) is 21.5. The van der Waals surface area contributed by atoms with E-state index in [0.717, 1.165) is 5.56 Å². The maximum absolute atomic E-state index is 14.6. The Labute approximate surface area is 240 Å². The number of ketones is 3. The monoisotopic (exact) mass is 563 g/mol. The number of halogens is 2. The maximum atomic E-state index is 14.6. The van der Waals surface area contributed by atoms with Crippen molar-refractivity contribution in [2.45, 2.75) is 18.0 Å². The lowest BCUT2D eigenvalue weighted by Gasteiger charge is -2.37. The maximum Gasteiger partial charge on any atom is 0.185 e. The quantitative estimate of drug-likeness (QED) is 0.202. The second-order valence-electron chi connectivity index (χ2n) is 10.6. The lowest BCUT2D eigenvalue weighted by atomic mass is 9.64. The average molecular weight is 564 g/mol. The Morgan fingerprint density at radius 2 is 1.56 bits per heavy atom. The van der Waals surface area contributed by atoms with Gasteiger partial charge in [-0.05, 0) is 65.7 Å². The highest BCUT2D eigenvalue weighted by molar-refractivity contribution is 6.32. The number of carbonyl (C=O) groups is 3. The van der Waals surface area contributed by atoms with Gasteiger partial charge in [0.1, 0.15) is 23.0 Å². The van der Waals surface area contributed by atoms with Crippen LogP contribution in [0.1, 0.15) is 48.1 Å². The van der Waals surface area contributed by atoms with Gasteiger partial charge < -0.3 is 9.64 Å². The van der Waals surface area contributed by atoms with Gasteiger partial charge in [0.15, 0.2) is 17.3 Å². The van der Waals surface area contributed by atoms with E-state index in [9.17, 15) is 18.8 Å². The molecule has 1 aliphatic carbocycles. The number of nitrogens with zero attached hydrogens (tertiary/aromatic N) is 1. The molecular formula is C34H23ClFNO4. The van der Waals surface area contributed by atoms with Crippen LogP contribution in [0, 0.1) is 11.2 Å². The first-order valence-corrected chi connectivity index (χ1v) is 13.6. The second-order valence-corrected chi connectivity index (χ2v) is 11.0. The van der Waals surface area contributed by atoms with Crippen LogP contribution in [0.5, 0.6) is 5.75 Å². The number of fused-ring (bicyclic) bond motifs is 5. The summed E-state index contributed by atoms with van der Waals surface area (Å²) < 4.78 is 19.3. The summed E-state index contributed by atoms with van der Waals surface area (Å²) in [6, 6.07) is 23.0. The lowest BCUT2D eigenvalue weighted by molar-refractivity contribution is 0.0666. The molecule has 41 heavy (non-hydrogen) atoms. The van der Waals surface area contributed by atoms with E-state index < -0.39 is 29.2 Å². The summed E-state index contributed by atoms with van der Waals surface area (Å²) in [5.41, 5.74) is 1.47. The van der Waals surface area contributed by atoms with Crippen molar-refractivity contribution < 1.29 is 23.5 Å². The number of hydrogen-bond donors (Lipinski definition) is 0. The Hall–Kier alpha value is -4.55. The highest BCUT2D eigenvalue weighted by Gasteiger charge is 2.71. The van der Waals surface area contributed by atoms with Crippen molar-refractivity contribution in [1.82, 2.24) is 0 Å². The van der Waals surface area contributed by atoms with Crippen LogP contribution in [-0.2, 0) is 0 Å². The van der Waals surface area contributed by atoms with Crippen LogP contribution in [0.4, 0.5) is 10.1 Å². The molecule has 1 unspecified atom stereocenters. The number of rotatable bonds is 4. The summed E-state index contributed by atoms with van der Waals surface area (Å²) in [5.74, 6) is -1.68. The van der Waals surface area contributed by atoms with Crippen molar-refractivity contribution in [3.63, 3.8) is 0 Å². The summed E-state index contributed by atoms with van der Waals surface area (Å²) in [6.45, 7) is 0.